The van der Waals surface area contributed by atoms with Gasteiger partial charge < -0.3 is 15.8 Å². The number of ether oxygens (including phenoxy) is 1. The van der Waals surface area contributed by atoms with Crippen LogP contribution < -0.4 is 15.8 Å². The zero-order valence-electron chi connectivity index (χ0n) is 11.9. The normalized spacial score (nSPS) is 10.5. The maximum absolute atomic E-state index is 13.9. The molecule has 0 unspecified atom stereocenters. The van der Waals surface area contributed by atoms with Gasteiger partial charge in [-0.2, -0.15) is 4.98 Å². The molecule has 4 nitrogen and oxygen atoms in total. The van der Waals surface area contributed by atoms with Crippen LogP contribution in [0.4, 0.5) is 26.0 Å². The first-order valence-corrected chi connectivity index (χ1v) is 6.64. The fourth-order valence-corrected chi connectivity index (χ4v) is 1.73. The lowest BCUT2D eigenvalue weighted by atomic mass is 10.2. The van der Waals surface area contributed by atoms with E-state index in [1.54, 1.807) is 13.0 Å². The molecule has 0 saturated carbocycles. The Hall–Kier alpha value is -2.37. The molecule has 0 amide bonds. The van der Waals surface area contributed by atoms with Crippen molar-refractivity contribution in [2.24, 2.45) is 0 Å². The largest absolute Gasteiger partial charge is 0.476 e. The minimum absolute atomic E-state index is 0.242. The maximum atomic E-state index is 13.9. The average molecular weight is 293 g/mol. The number of nitrogens with two attached hydrogens (primary N) is 1. The molecule has 0 aliphatic heterocycles. The molecule has 0 bridgehead atoms. The first-order chi connectivity index (χ1) is 10.0. The molecule has 21 heavy (non-hydrogen) atoms. The molecular weight excluding hydrogens is 276 g/mol. The molecule has 0 atom stereocenters. The minimum atomic E-state index is -0.687. The van der Waals surface area contributed by atoms with Gasteiger partial charge in [-0.15, -0.1) is 0 Å². The van der Waals surface area contributed by atoms with Crippen LogP contribution in [0.25, 0.3) is 0 Å². The number of anilines is 3. The van der Waals surface area contributed by atoms with Crippen molar-refractivity contribution in [1.82, 2.24) is 4.98 Å². The Morgan fingerprint density at radius 2 is 2.00 bits per heavy atom. The molecule has 1 heterocycles. The highest BCUT2D eigenvalue weighted by Crippen LogP contribution is 2.27. The van der Waals surface area contributed by atoms with E-state index < -0.39 is 11.6 Å². The van der Waals surface area contributed by atoms with Gasteiger partial charge in [0.05, 0.1) is 12.3 Å². The van der Waals surface area contributed by atoms with Gasteiger partial charge in [-0.25, -0.2) is 8.78 Å². The van der Waals surface area contributed by atoms with E-state index in [0.717, 1.165) is 6.42 Å². The van der Waals surface area contributed by atoms with Crippen molar-refractivity contribution < 1.29 is 13.5 Å². The summed E-state index contributed by atoms with van der Waals surface area (Å²) in [5, 5.41) is 2.63. The van der Waals surface area contributed by atoms with Crippen molar-refractivity contribution in [2.75, 3.05) is 17.7 Å². The highest BCUT2D eigenvalue weighted by atomic mass is 19.1. The van der Waals surface area contributed by atoms with Crippen molar-refractivity contribution in [1.29, 1.82) is 0 Å². The molecule has 3 N–H and O–H groups in total. The highest BCUT2D eigenvalue weighted by molar-refractivity contribution is 5.62. The number of nitrogen functional groups attached to an aromatic ring is 1. The maximum Gasteiger partial charge on any atom is 0.239 e. The quantitative estimate of drug-likeness (QED) is 0.880. The first kappa shape index (κ1) is 15.0. The van der Waals surface area contributed by atoms with E-state index in [1.807, 2.05) is 6.92 Å². The Bertz CT molecular complexity index is 647. The van der Waals surface area contributed by atoms with E-state index in [0.29, 0.717) is 17.9 Å². The molecule has 0 spiro atoms. The Morgan fingerprint density at radius 3 is 2.71 bits per heavy atom. The van der Waals surface area contributed by atoms with Gasteiger partial charge in [-0.1, -0.05) is 13.0 Å². The number of benzene rings is 1. The molecule has 6 heteroatoms. The summed E-state index contributed by atoms with van der Waals surface area (Å²) in [4.78, 5) is 4.13. The Balaban J connectivity index is 2.30. The van der Waals surface area contributed by atoms with Crippen LogP contribution in [0.3, 0.4) is 0 Å². The fourth-order valence-electron chi connectivity index (χ4n) is 1.73. The van der Waals surface area contributed by atoms with E-state index in [9.17, 15) is 8.78 Å². The van der Waals surface area contributed by atoms with Crippen LogP contribution >= 0.6 is 0 Å². The van der Waals surface area contributed by atoms with Gasteiger partial charge in [0.25, 0.3) is 0 Å². The summed E-state index contributed by atoms with van der Waals surface area (Å²) in [5.41, 5.74) is 6.22. The Morgan fingerprint density at radius 1 is 1.24 bits per heavy atom. The molecule has 0 aliphatic carbocycles. The number of pyridine rings is 1. The van der Waals surface area contributed by atoms with Gasteiger partial charge >= 0.3 is 0 Å². The van der Waals surface area contributed by atoms with Crippen molar-refractivity contribution in [3.05, 3.63) is 41.5 Å². The molecule has 0 fully saturated rings. The van der Waals surface area contributed by atoms with Crippen molar-refractivity contribution in [3.63, 3.8) is 0 Å². The topological polar surface area (TPSA) is 60.2 Å². The summed E-state index contributed by atoms with van der Waals surface area (Å²) in [6, 6.07) is 5.69. The van der Waals surface area contributed by atoms with Crippen LogP contribution in [0.5, 0.6) is 5.88 Å². The summed E-state index contributed by atoms with van der Waals surface area (Å²) in [7, 11) is 0. The molecule has 1 aromatic heterocycles. The SMILES string of the molecule is CCCOc1nc(Nc2c(F)ccc(C)c2F)ccc1N. The summed E-state index contributed by atoms with van der Waals surface area (Å²) in [5.74, 6) is -0.827. The number of aryl methyl sites for hydroxylation is 1. The first-order valence-electron chi connectivity index (χ1n) is 6.64. The lowest BCUT2D eigenvalue weighted by Gasteiger charge is -2.12. The third-order valence-corrected chi connectivity index (χ3v) is 2.87. The van der Waals surface area contributed by atoms with Crippen molar-refractivity contribution in [3.8, 4) is 5.88 Å². The van der Waals surface area contributed by atoms with Crippen LogP contribution in [-0.2, 0) is 0 Å². The van der Waals surface area contributed by atoms with E-state index in [1.165, 1.54) is 18.2 Å². The van der Waals surface area contributed by atoms with Crippen LogP contribution in [0.2, 0.25) is 0 Å². The number of hydrogen-bond donors (Lipinski definition) is 2. The number of rotatable bonds is 5. The number of hydrogen-bond acceptors (Lipinski definition) is 4. The van der Waals surface area contributed by atoms with E-state index >= 15 is 0 Å². The number of nitrogens with zero attached hydrogens (tertiary/aromatic N) is 1. The molecular formula is C15H17F2N3O. The van der Waals surface area contributed by atoms with Crippen LogP contribution in [0, 0.1) is 18.6 Å². The summed E-state index contributed by atoms with van der Waals surface area (Å²) < 4.78 is 33.0. The number of nitrogens with one attached hydrogen (secondary N) is 1. The smallest absolute Gasteiger partial charge is 0.239 e. The van der Waals surface area contributed by atoms with Crippen LogP contribution in [-0.4, -0.2) is 11.6 Å². The van der Waals surface area contributed by atoms with Gasteiger partial charge in [0.15, 0.2) is 5.82 Å². The van der Waals surface area contributed by atoms with Gasteiger partial charge in [0.2, 0.25) is 5.88 Å². The van der Waals surface area contributed by atoms with Crippen LogP contribution in [0.1, 0.15) is 18.9 Å². The van der Waals surface area contributed by atoms with Gasteiger partial charge in [-0.05, 0) is 37.1 Å². The lowest BCUT2D eigenvalue weighted by molar-refractivity contribution is 0.307. The number of halogens is 2. The molecule has 0 aliphatic rings. The highest BCUT2D eigenvalue weighted by Gasteiger charge is 2.13. The fraction of sp³-hybridized carbons (Fsp3) is 0.267. The van der Waals surface area contributed by atoms with E-state index in [4.69, 9.17) is 10.5 Å². The average Bonchev–Trinajstić information content (AvgIpc) is 2.48. The third kappa shape index (κ3) is 3.39. The molecule has 2 aromatic rings. The van der Waals surface area contributed by atoms with Crippen LogP contribution in [0.15, 0.2) is 24.3 Å². The second-order valence-corrected chi connectivity index (χ2v) is 4.62. The van der Waals surface area contributed by atoms with Gasteiger partial charge in [0.1, 0.15) is 17.3 Å². The molecule has 0 saturated heterocycles. The predicted molar refractivity (Wildman–Crippen MR) is 78.8 cm³/mol. The van der Waals surface area contributed by atoms with E-state index in [2.05, 4.69) is 10.3 Å². The molecule has 112 valence electrons. The predicted octanol–water partition coefficient (Wildman–Crippen LogP) is 3.78. The van der Waals surface area contributed by atoms with Crippen molar-refractivity contribution in [2.45, 2.75) is 20.3 Å². The molecule has 0 radical (unpaired) electrons. The summed E-state index contributed by atoms with van der Waals surface area (Å²) >= 11 is 0. The minimum Gasteiger partial charge on any atom is -0.476 e. The Kier molecular flexibility index (Phi) is 4.57. The number of aromatic nitrogens is 1. The standard InChI is InChI=1S/C15H17F2N3O/c1-3-8-21-15-11(18)6-7-12(20-15)19-14-10(16)5-4-9(2)13(14)17/h4-7H,3,8,18H2,1-2H3,(H,19,20). The molecule has 1 aromatic carbocycles. The van der Waals surface area contributed by atoms with Gasteiger partial charge in [0, 0.05) is 0 Å². The monoisotopic (exact) mass is 293 g/mol. The van der Waals surface area contributed by atoms with Gasteiger partial charge in [-0.3, -0.25) is 0 Å². The van der Waals surface area contributed by atoms with Crippen molar-refractivity contribution >= 4 is 17.2 Å². The zero-order chi connectivity index (χ0) is 15.4. The third-order valence-electron chi connectivity index (χ3n) is 2.87. The second kappa shape index (κ2) is 6.39. The summed E-state index contributed by atoms with van der Waals surface area (Å²) in [6.07, 6.45) is 0.805. The Labute approximate surface area is 122 Å². The summed E-state index contributed by atoms with van der Waals surface area (Å²) in [6.45, 7) is 3.98. The van der Waals surface area contributed by atoms with E-state index in [-0.39, 0.29) is 17.4 Å². The molecule has 2 rings (SSSR count). The lowest BCUT2D eigenvalue weighted by Crippen LogP contribution is -2.05. The second-order valence-electron chi connectivity index (χ2n) is 4.62. The zero-order valence-corrected chi connectivity index (χ0v) is 11.9.